The summed E-state index contributed by atoms with van der Waals surface area (Å²) in [6, 6.07) is 5.98. The average Bonchev–Trinajstić information content (AvgIpc) is 2.18. The Morgan fingerprint density at radius 2 is 1.79 bits per heavy atom. The Morgan fingerprint density at radius 1 is 1.07 bits per heavy atom. The van der Waals surface area contributed by atoms with Crippen LogP contribution in [-0.2, 0) is 0 Å². The van der Waals surface area contributed by atoms with E-state index in [9.17, 15) is 5.11 Å². The molecule has 0 atom stereocenters. The van der Waals surface area contributed by atoms with Crippen LogP contribution >= 0.6 is 0 Å². The normalized spacial score (nSPS) is 18.4. The minimum atomic E-state index is 0.422. The molecular formula is C13H18O. The molecule has 1 nitrogen and oxygen atoms in total. The quantitative estimate of drug-likeness (QED) is 0.715. The second-order valence-electron chi connectivity index (χ2n) is 4.44. The van der Waals surface area contributed by atoms with Crippen LogP contribution in [0.5, 0.6) is 5.75 Å². The molecule has 14 heavy (non-hydrogen) atoms. The molecular weight excluding hydrogens is 172 g/mol. The Labute approximate surface area is 85.8 Å². The maximum atomic E-state index is 9.52. The second kappa shape index (κ2) is 4.04. The van der Waals surface area contributed by atoms with Gasteiger partial charge in [0.15, 0.2) is 0 Å². The van der Waals surface area contributed by atoms with Gasteiger partial charge in [0, 0.05) is 0 Å². The number of rotatable bonds is 1. The standard InChI is InChI=1S/C13H18O/c1-10-7-12(9-13(14)8-10)11-5-3-2-4-6-11/h7-9,11,14H,2-6H2,1H3. The van der Waals surface area contributed by atoms with Gasteiger partial charge in [0.1, 0.15) is 5.75 Å². The summed E-state index contributed by atoms with van der Waals surface area (Å²) < 4.78 is 0. The molecule has 0 spiro atoms. The molecule has 0 amide bonds. The van der Waals surface area contributed by atoms with E-state index in [-0.39, 0.29) is 0 Å². The summed E-state index contributed by atoms with van der Waals surface area (Å²) >= 11 is 0. The third-order valence-corrected chi connectivity index (χ3v) is 3.16. The molecule has 2 rings (SSSR count). The van der Waals surface area contributed by atoms with Gasteiger partial charge in [-0.1, -0.05) is 25.3 Å². The largest absolute Gasteiger partial charge is 0.508 e. The van der Waals surface area contributed by atoms with E-state index in [0.29, 0.717) is 11.7 Å². The molecule has 1 N–H and O–H groups in total. The van der Waals surface area contributed by atoms with E-state index in [1.807, 2.05) is 19.1 Å². The van der Waals surface area contributed by atoms with E-state index in [2.05, 4.69) is 6.07 Å². The highest BCUT2D eigenvalue weighted by Crippen LogP contribution is 2.34. The van der Waals surface area contributed by atoms with Gasteiger partial charge in [0.25, 0.3) is 0 Å². The van der Waals surface area contributed by atoms with E-state index in [0.717, 1.165) is 0 Å². The fourth-order valence-corrected chi connectivity index (χ4v) is 2.46. The molecule has 0 heterocycles. The molecule has 1 aromatic carbocycles. The smallest absolute Gasteiger partial charge is 0.116 e. The van der Waals surface area contributed by atoms with Crippen molar-refractivity contribution in [3.05, 3.63) is 29.3 Å². The van der Waals surface area contributed by atoms with Gasteiger partial charge in [-0.2, -0.15) is 0 Å². The van der Waals surface area contributed by atoms with Crippen LogP contribution in [0.15, 0.2) is 18.2 Å². The third-order valence-electron chi connectivity index (χ3n) is 3.16. The van der Waals surface area contributed by atoms with Crippen molar-refractivity contribution in [2.45, 2.75) is 44.9 Å². The maximum absolute atomic E-state index is 9.52. The number of hydrogen-bond acceptors (Lipinski definition) is 1. The van der Waals surface area contributed by atoms with Crippen LogP contribution in [0.2, 0.25) is 0 Å². The number of benzene rings is 1. The molecule has 0 bridgehead atoms. The topological polar surface area (TPSA) is 20.2 Å². The molecule has 0 radical (unpaired) electrons. The molecule has 1 aliphatic carbocycles. The monoisotopic (exact) mass is 190 g/mol. The van der Waals surface area contributed by atoms with Crippen LogP contribution < -0.4 is 0 Å². The van der Waals surface area contributed by atoms with E-state index in [1.54, 1.807) is 0 Å². The molecule has 0 aromatic heterocycles. The van der Waals surface area contributed by atoms with Gasteiger partial charge in [0.05, 0.1) is 0 Å². The van der Waals surface area contributed by atoms with Crippen molar-refractivity contribution in [1.82, 2.24) is 0 Å². The molecule has 0 saturated heterocycles. The molecule has 0 unspecified atom stereocenters. The van der Waals surface area contributed by atoms with E-state index >= 15 is 0 Å². The summed E-state index contributed by atoms with van der Waals surface area (Å²) in [6.45, 7) is 2.05. The van der Waals surface area contributed by atoms with Crippen molar-refractivity contribution >= 4 is 0 Å². The van der Waals surface area contributed by atoms with Crippen molar-refractivity contribution in [2.75, 3.05) is 0 Å². The van der Waals surface area contributed by atoms with Gasteiger partial charge in [-0.15, -0.1) is 0 Å². The summed E-state index contributed by atoms with van der Waals surface area (Å²) in [5, 5.41) is 9.52. The Kier molecular flexibility index (Phi) is 2.76. The summed E-state index contributed by atoms with van der Waals surface area (Å²) in [5.74, 6) is 1.11. The molecule has 1 saturated carbocycles. The summed E-state index contributed by atoms with van der Waals surface area (Å²) in [7, 11) is 0. The van der Waals surface area contributed by atoms with Crippen LogP contribution in [-0.4, -0.2) is 5.11 Å². The van der Waals surface area contributed by atoms with E-state index in [4.69, 9.17) is 0 Å². The number of phenols is 1. The highest BCUT2D eigenvalue weighted by molar-refractivity contribution is 5.34. The predicted molar refractivity (Wildman–Crippen MR) is 58.7 cm³/mol. The summed E-state index contributed by atoms with van der Waals surface area (Å²) in [5.41, 5.74) is 2.51. The van der Waals surface area contributed by atoms with Crippen LogP contribution in [0.4, 0.5) is 0 Å². The minimum absolute atomic E-state index is 0.422. The van der Waals surface area contributed by atoms with Gasteiger partial charge in [-0.3, -0.25) is 0 Å². The van der Waals surface area contributed by atoms with Gasteiger partial charge in [0.2, 0.25) is 0 Å². The zero-order chi connectivity index (χ0) is 9.97. The van der Waals surface area contributed by atoms with E-state index < -0.39 is 0 Å². The fourth-order valence-electron chi connectivity index (χ4n) is 2.46. The minimum Gasteiger partial charge on any atom is -0.508 e. The van der Waals surface area contributed by atoms with Crippen LogP contribution in [0.3, 0.4) is 0 Å². The number of aromatic hydroxyl groups is 1. The lowest BCUT2D eigenvalue weighted by molar-refractivity contribution is 0.438. The van der Waals surface area contributed by atoms with Crippen molar-refractivity contribution in [1.29, 1.82) is 0 Å². The Morgan fingerprint density at radius 3 is 2.43 bits per heavy atom. The molecule has 1 aliphatic rings. The fraction of sp³-hybridized carbons (Fsp3) is 0.538. The Hall–Kier alpha value is -0.980. The number of phenolic OH excluding ortho intramolecular Hbond substituents is 1. The zero-order valence-electron chi connectivity index (χ0n) is 8.79. The SMILES string of the molecule is Cc1cc(O)cc(C2CCCCC2)c1. The third kappa shape index (κ3) is 2.09. The first-order chi connectivity index (χ1) is 6.75. The van der Waals surface area contributed by atoms with Crippen molar-refractivity contribution in [3.8, 4) is 5.75 Å². The summed E-state index contributed by atoms with van der Waals surface area (Å²) in [4.78, 5) is 0. The molecule has 1 aromatic rings. The van der Waals surface area contributed by atoms with Gasteiger partial charge in [-0.25, -0.2) is 0 Å². The van der Waals surface area contributed by atoms with Crippen molar-refractivity contribution in [3.63, 3.8) is 0 Å². The van der Waals surface area contributed by atoms with E-state index in [1.165, 1.54) is 43.2 Å². The maximum Gasteiger partial charge on any atom is 0.116 e. The van der Waals surface area contributed by atoms with Gasteiger partial charge >= 0.3 is 0 Å². The Bertz CT molecular complexity index is 291. The lowest BCUT2D eigenvalue weighted by atomic mass is 9.83. The van der Waals surface area contributed by atoms with Gasteiger partial charge < -0.3 is 5.11 Å². The summed E-state index contributed by atoms with van der Waals surface area (Å²) in [6.07, 6.45) is 6.67. The molecule has 1 heteroatoms. The van der Waals surface area contributed by atoms with Crippen LogP contribution in [0.25, 0.3) is 0 Å². The average molecular weight is 190 g/mol. The Balaban J connectivity index is 2.21. The molecule has 0 aliphatic heterocycles. The van der Waals surface area contributed by atoms with Crippen LogP contribution in [0, 0.1) is 6.92 Å². The number of aryl methyl sites for hydroxylation is 1. The second-order valence-corrected chi connectivity index (χ2v) is 4.44. The molecule has 1 fully saturated rings. The zero-order valence-corrected chi connectivity index (χ0v) is 8.79. The predicted octanol–water partition coefficient (Wildman–Crippen LogP) is 3.75. The molecule has 76 valence electrons. The lowest BCUT2D eigenvalue weighted by Gasteiger charge is -2.22. The first-order valence-electron chi connectivity index (χ1n) is 5.56. The van der Waals surface area contributed by atoms with Crippen molar-refractivity contribution < 1.29 is 5.11 Å². The first kappa shape index (κ1) is 9.57. The highest BCUT2D eigenvalue weighted by Gasteiger charge is 2.15. The first-order valence-corrected chi connectivity index (χ1v) is 5.56. The van der Waals surface area contributed by atoms with Crippen LogP contribution in [0.1, 0.15) is 49.1 Å². The van der Waals surface area contributed by atoms with Gasteiger partial charge in [-0.05, 0) is 48.9 Å². The highest BCUT2D eigenvalue weighted by atomic mass is 16.3. The number of hydrogen-bond donors (Lipinski definition) is 1. The lowest BCUT2D eigenvalue weighted by Crippen LogP contribution is -2.04. The van der Waals surface area contributed by atoms with Crippen molar-refractivity contribution in [2.24, 2.45) is 0 Å².